The van der Waals surface area contributed by atoms with Crippen LogP contribution in [-0.2, 0) is 0 Å². The predicted octanol–water partition coefficient (Wildman–Crippen LogP) is 1.72. The molecule has 0 radical (unpaired) electrons. The molecule has 2 rings (SSSR count). The van der Waals surface area contributed by atoms with Crippen molar-refractivity contribution in [1.82, 2.24) is 0 Å². The second kappa shape index (κ2) is 3.47. The van der Waals surface area contributed by atoms with Gasteiger partial charge in [-0.15, -0.1) is 21.2 Å². The zero-order chi connectivity index (χ0) is 9.47. The maximum absolute atomic E-state index is 12.5. The van der Waals surface area contributed by atoms with Gasteiger partial charge in [0.15, 0.2) is 11.5 Å². The van der Waals surface area contributed by atoms with Crippen LogP contribution in [0.3, 0.4) is 0 Å². The highest BCUT2D eigenvalue weighted by Crippen LogP contribution is 2.41. The molecule has 0 fully saturated rings. The normalized spacial score (nSPS) is 15.9. The van der Waals surface area contributed by atoms with E-state index in [1.54, 1.807) is 0 Å². The molecule has 7 heteroatoms. The van der Waals surface area contributed by atoms with Crippen LogP contribution in [0.5, 0.6) is 11.5 Å². The minimum Gasteiger partial charge on any atom is -0.395 e. The van der Waals surface area contributed by atoms with E-state index in [9.17, 15) is 8.78 Å². The lowest BCUT2D eigenvalue weighted by atomic mass is 10.3. The second-order valence-corrected chi connectivity index (χ2v) is 2.47. The quantitative estimate of drug-likeness (QED) is 0.563. The van der Waals surface area contributed by atoms with Crippen molar-refractivity contribution in [2.24, 2.45) is 5.84 Å². The van der Waals surface area contributed by atoms with Crippen molar-refractivity contribution in [2.45, 2.75) is 6.29 Å². The van der Waals surface area contributed by atoms with E-state index in [4.69, 9.17) is 5.84 Å². The van der Waals surface area contributed by atoms with E-state index >= 15 is 0 Å². The van der Waals surface area contributed by atoms with E-state index in [2.05, 4.69) is 14.9 Å². The number of nitrogens with one attached hydrogen (secondary N) is 1. The van der Waals surface area contributed by atoms with E-state index < -0.39 is 6.29 Å². The van der Waals surface area contributed by atoms with E-state index in [-0.39, 0.29) is 23.9 Å². The van der Waals surface area contributed by atoms with Gasteiger partial charge in [0.2, 0.25) is 0 Å². The monoisotopic (exact) mass is 224 g/mol. The topological polar surface area (TPSA) is 56.5 Å². The SMILES string of the molecule is Cl.NNc1ccc2c(c1)OC(F)(F)O2. The number of nitrogen functional groups attached to an aromatic ring is 1. The van der Waals surface area contributed by atoms with Gasteiger partial charge < -0.3 is 14.9 Å². The molecule has 0 aliphatic carbocycles. The Morgan fingerprint density at radius 3 is 2.50 bits per heavy atom. The van der Waals surface area contributed by atoms with Crippen molar-refractivity contribution < 1.29 is 18.3 Å². The first-order chi connectivity index (χ1) is 6.11. The molecular weight excluding hydrogens is 218 g/mol. The molecule has 0 atom stereocenters. The molecular formula is C7H7ClF2N2O2. The van der Waals surface area contributed by atoms with Crippen LogP contribution in [0.15, 0.2) is 18.2 Å². The molecule has 0 spiro atoms. The number of nitrogens with two attached hydrogens (primary N) is 1. The third kappa shape index (κ3) is 1.80. The summed E-state index contributed by atoms with van der Waals surface area (Å²) in [5.41, 5.74) is 2.78. The number of anilines is 1. The highest BCUT2D eigenvalue weighted by Gasteiger charge is 2.43. The molecule has 1 aromatic carbocycles. The van der Waals surface area contributed by atoms with E-state index in [1.807, 2.05) is 0 Å². The fraction of sp³-hybridized carbons (Fsp3) is 0.143. The standard InChI is InChI=1S/C7H6F2N2O2.ClH/c8-7(9)12-5-2-1-4(11-10)3-6(5)13-7;/h1-3,11H,10H2;1H. The van der Waals surface area contributed by atoms with Gasteiger partial charge >= 0.3 is 6.29 Å². The first kappa shape index (κ1) is 10.8. The minimum atomic E-state index is -3.57. The molecule has 4 nitrogen and oxygen atoms in total. The van der Waals surface area contributed by atoms with E-state index in [0.29, 0.717) is 5.69 Å². The largest absolute Gasteiger partial charge is 0.586 e. The highest BCUT2D eigenvalue weighted by atomic mass is 35.5. The number of hydrazine groups is 1. The van der Waals surface area contributed by atoms with Gasteiger partial charge in [-0.1, -0.05) is 0 Å². The summed E-state index contributed by atoms with van der Waals surface area (Å²) in [6, 6.07) is 4.19. The smallest absolute Gasteiger partial charge is 0.395 e. The number of halogens is 3. The Hall–Kier alpha value is -1.27. The number of alkyl halides is 2. The third-order valence-electron chi connectivity index (χ3n) is 1.57. The maximum atomic E-state index is 12.5. The summed E-state index contributed by atoms with van der Waals surface area (Å²) in [4.78, 5) is 0. The summed E-state index contributed by atoms with van der Waals surface area (Å²) in [5.74, 6) is 5.05. The summed E-state index contributed by atoms with van der Waals surface area (Å²) >= 11 is 0. The van der Waals surface area contributed by atoms with Crippen LogP contribution in [0.1, 0.15) is 0 Å². The van der Waals surface area contributed by atoms with Gasteiger partial charge in [-0.2, -0.15) is 0 Å². The van der Waals surface area contributed by atoms with Crippen LogP contribution >= 0.6 is 12.4 Å². The molecule has 0 saturated heterocycles. The van der Waals surface area contributed by atoms with Crippen LogP contribution in [0.25, 0.3) is 0 Å². The predicted molar refractivity (Wildman–Crippen MR) is 47.7 cm³/mol. The minimum absolute atomic E-state index is 0. The Balaban J connectivity index is 0.000000980. The Morgan fingerprint density at radius 1 is 1.21 bits per heavy atom. The Labute approximate surface area is 84.4 Å². The van der Waals surface area contributed by atoms with E-state index in [0.717, 1.165) is 0 Å². The van der Waals surface area contributed by atoms with Gasteiger partial charge in [0.1, 0.15) is 0 Å². The van der Waals surface area contributed by atoms with Gasteiger partial charge in [0.05, 0.1) is 5.69 Å². The van der Waals surface area contributed by atoms with E-state index in [1.165, 1.54) is 18.2 Å². The molecule has 1 aromatic rings. The average molecular weight is 225 g/mol. The molecule has 1 heterocycles. The van der Waals surface area contributed by atoms with Gasteiger partial charge in [-0.3, -0.25) is 5.84 Å². The van der Waals surface area contributed by atoms with Crippen molar-refractivity contribution in [3.63, 3.8) is 0 Å². The lowest BCUT2D eigenvalue weighted by Crippen LogP contribution is -2.25. The van der Waals surface area contributed by atoms with Gasteiger partial charge in [-0.05, 0) is 12.1 Å². The fourth-order valence-corrected chi connectivity index (χ4v) is 1.04. The van der Waals surface area contributed by atoms with Crippen LogP contribution in [0.4, 0.5) is 14.5 Å². The second-order valence-electron chi connectivity index (χ2n) is 2.47. The van der Waals surface area contributed by atoms with Crippen molar-refractivity contribution in [1.29, 1.82) is 0 Å². The number of ether oxygens (including phenoxy) is 2. The summed E-state index contributed by atoms with van der Waals surface area (Å²) < 4.78 is 33.3. The number of rotatable bonds is 1. The Kier molecular flexibility index (Phi) is 2.68. The summed E-state index contributed by atoms with van der Waals surface area (Å²) in [6.07, 6.45) is -3.57. The summed E-state index contributed by atoms with van der Waals surface area (Å²) in [6.45, 7) is 0. The van der Waals surface area contributed by atoms with Crippen molar-refractivity contribution >= 4 is 18.1 Å². The first-order valence-electron chi connectivity index (χ1n) is 3.47. The summed E-state index contributed by atoms with van der Waals surface area (Å²) in [5, 5.41) is 0. The molecule has 0 amide bonds. The zero-order valence-electron chi connectivity index (χ0n) is 6.79. The lowest BCUT2D eigenvalue weighted by Gasteiger charge is -2.04. The summed E-state index contributed by atoms with van der Waals surface area (Å²) in [7, 11) is 0. The molecule has 0 aromatic heterocycles. The lowest BCUT2D eigenvalue weighted by molar-refractivity contribution is -0.286. The van der Waals surface area contributed by atoms with Gasteiger partial charge in [0.25, 0.3) is 0 Å². The number of hydrogen-bond acceptors (Lipinski definition) is 4. The molecule has 0 unspecified atom stereocenters. The maximum Gasteiger partial charge on any atom is 0.586 e. The number of fused-ring (bicyclic) bond motifs is 1. The van der Waals surface area contributed by atoms with Crippen LogP contribution in [-0.4, -0.2) is 6.29 Å². The number of hydrogen-bond donors (Lipinski definition) is 2. The average Bonchev–Trinajstić information content (AvgIpc) is 2.36. The molecule has 1 aliphatic heterocycles. The van der Waals surface area contributed by atoms with Gasteiger partial charge in [-0.25, -0.2) is 0 Å². The van der Waals surface area contributed by atoms with Crippen LogP contribution < -0.4 is 20.7 Å². The number of benzene rings is 1. The third-order valence-corrected chi connectivity index (χ3v) is 1.57. The van der Waals surface area contributed by atoms with Crippen LogP contribution in [0.2, 0.25) is 0 Å². The molecule has 0 bridgehead atoms. The molecule has 0 saturated carbocycles. The van der Waals surface area contributed by atoms with Crippen molar-refractivity contribution in [3.05, 3.63) is 18.2 Å². The van der Waals surface area contributed by atoms with Crippen LogP contribution in [0, 0.1) is 0 Å². The first-order valence-corrected chi connectivity index (χ1v) is 3.47. The molecule has 3 N–H and O–H groups in total. The molecule has 14 heavy (non-hydrogen) atoms. The highest BCUT2D eigenvalue weighted by molar-refractivity contribution is 5.85. The van der Waals surface area contributed by atoms with Gasteiger partial charge in [0, 0.05) is 6.07 Å². The van der Waals surface area contributed by atoms with Crippen molar-refractivity contribution in [2.75, 3.05) is 5.43 Å². The molecule has 1 aliphatic rings. The zero-order valence-corrected chi connectivity index (χ0v) is 7.61. The molecule has 78 valence electrons. The fourth-order valence-electron chi connectivity index (χ4n) is 1.04. The Bertz CT molecular complexity index is 348. The van der Waals surface area contributed by atoms with Crippen molar-refractivity contribution in [3.8, 4) is 11.5 Å². The Morgan fingerprint density at radius 2 is 1.86 bits per heavy atom.